The van der Waals surface area contributed by atoms with Gasteiger partial charge < -0.3 is 14.2 Å². The zero-order valence-electron chi connectivity index (χ0n) is 16.2. The predicted octanol–water partition coefficient (Wildman–Crippen LogP) is 5.30. The van der Waals surface area contributed by atoms with Crippen LogP contribution in [0.15, 0.2) is 72.8 Å². The highest BCUT2D eigenvalue weighted by Crippen LogP contribution is 2.36. The second kappa shape index (κ2) is 9.84. The summed E-state index contributed by atoms with van der Waals surface area (Å²) < 4.78 is 18.1. The van der Waals surface area contributed by atoms with Gasteiger partial charge in [-0.3, -0.25) is 0 Å². The first-order valence-corrected chi connectivity index (χ1v) is 9.74. The summed E-state index contributed by atoms with van der Waals surface area (Å²) in [6.45, 7) is 5.45. The molecule has 2 aromatic rings. The van der Waals surface area contributed by atoms with Gasteiger partial charge >= 0.3 is 0 Å². The van der Waals surface area contributed by atoms with Gasteiger partial charge in [-0.2, -0.15) is 0 Å². The Hall–Kier alpha value is -1.94. The SMILES string of the molecule is C=C1C[C@@H](CCc2ccccc2)O[C@](CCOCc2ccccc2)(OC)C1. The zero-order chi connectivity index (χ0) is 19.0. The average Bonchev–Trinajstić information content (AvgIpc) is 2.71. The van der Waals surface area contributed by atoms with Crippen LogP contribution in [0.3, 0.4) is 0 Å². The molecule has 1 fully saturated rings. The standard InChI is InChI=1S/C24H30O3/c1-20-17-23(14-13-21-9-5-3-6-10-21)27-24(18-20,25-2)15-16-26-19-22-11-7-4-8-12-22/h3-12,23H,1,13-19H2,2H3/t23-,24+/m1/s1. The van der Waals surface area contributed by atoms with E-state index in [1.807, 2.05) is 24.3 Å². The van der Waals surface area contributed by atoms with E-state index in [0.717, 1.165) is 25.7 Å². The number of benzene rings is 2. The van der Waals surface area contributed by atoms with Crippen molar-refractivity contribution in [2.45, 2.75) is 50.6 Å². The van der Waals surface area contributed by atoms with E-state index >= 15 is 0 Å². The minimum atomic E-state index is -0.618. The number of hydrogen-bond acceptors (Lipinski definition) is 3. The molecule has 3 nitrogen and oxygen atoms in total. The fourth-order valence-corrected chi connectivity index (χ4v) is 3.66. The van der Waals surface area contributed by atoms with E-state index in [1.54, 1.807) is 7.11 Å². The molecule has 0 radical (unpaired) electrons. The van der Waals surface area contributed by atoms with Crippen LogP contribution >= 0.6 is 0 Å². The fourth-order valence-electron chi connectivity index (χ4n) is 3.66. The third-order valence-corrected chi connectivity index (χ3v) is 5.13. The Balaban J connectivity index is 1.50. The van der Waals surface area contributed by atoms with Crippen molar-refractivity contribution in [2.75, 3.05) is 13.7 Å². The van der Waals surface area contributed by atoms with Gasteiger partial charge in [0.25, 0.3) is 0 Å². The number of aryl methyl sites for hydroxylation is 1. The van der Waals surface area contributed by atoms with Crippen molar-refractivity contribution in [1.82, 2.24) is 0 Å². The predicted molar refractivity (Wildman–Crippen MR) is 108 cm³/mol. The van der Waals surface area contributed by atoms with Crippen molar-refractivity contribution in [3.8, 4) is 0 Å². The quantitative estimate of drug-likeness (QED) is 0.445. The van der Waals surface area contributed by atoms with Gasteiger partial charge in [0.15, 0.2) is 5.79 Å². The van der Waals surface area contributed by atoms with E-state index in [2.05, 4.69) is 43.0 Å². The first kappa shape index (κ1) is 19.8. The van der Waals surface area contributed by atoms with Crippen molar-refractivity contribution in [2.24, 2.45) is 0 Å². The molecule has 1 saturated heterocycles. The van der Waals surface area contributed by atoms with Crippen LogP contribution in [0.1, 0.15) is 36.8 Å². The van der Waals surface area contributed by atoms with E-state index in [-0.39, 0.29) is 6.10 Å². The Kier molecular flexibility index (Phi) is 7.22. The van der Waals surface area contributed by atoms with Gasteiger partial charge in [0.05, 0.1) is 19.3 Å². The first-order valence-electron chi connectivity index (χ1n) is 9.74. The largest absolute Gasteiger partial charge is 0.377 e. The van der Waals surface area contributed by atoms with Crippen molar-refractivity contribution >= 4 is 0 Å². The first-order chi connectivity index (χ1) is 13.2. The Morgan fingerprint density at radius 3 is 2.37 bits per heavy atom. The maximum absolute atomic E-state index is 6.40. The lowest BCUT2D eigenvalue weighted by Crippen LogP contribution is -2.44. The minimum absolute atomic E-state index is 0.139. The normalized spacial score (nSPS) is 22.7. The highest BCUT2D eigenvalue weighted by molar-refractivity contribution is 5.15. The number of hydrogen-bond donors (Lipinski definition) is 0. The highest BCUT2D eigenvalue weighted by Gasteiger charge is 2.38. The van der Waals surface area contributed by atoms with Gasteiger partial charge in [0.2, 0.25) is 0 Å². The molecule has 144 valence electrons. The van der Waals surface area contributed by atoms with E-state index in [4.69, 9.17) is 14.2 Å². The van der Waals surface area contributed by atoms with E-state index in [9.17, 15) is 0 Å². The van der Waals surface area contributed by atoms with Crippen molar-refractivity contribution in [3.05, 3.63) is 83.9 Å². The molecular formula is C24H30O3. The summed E-state index contributed by atoms with van der Waals surface area (Å²) in [5.74, 6) is -0.618. The van der Waals surface area contributed by atoms with Crippen LogP contribution in [0.4, 0.5) is 0 Å². The van der Waals surface area contributed by atoms with Gasteiger partial charge in [-0.15, -0.1) is 0 Å². The van der Waals surface area contributed by atoms with Gasteiger partial charge in [0.1, 0.15) is 0 Å². The molecule has 0 saturated carbocycles. The van der Waals surface area contributed by atoms with Gasteiger partial charge in [-0.1, -0.05) is 72.8 Å². The molecule has 27 heavy (non-hydrogen) atoms. The summed E-state index contributed by atoms with van der Waals surface area (Å²) in [6, 6.07) is 20.8. The Labute approximate surface area is 163 Å². The maximum Gasteiger partial charge on any atom is 0.174 e. The van der Waals surface area contributed by atoms with Gasteiger partial charge in [0, 0.05) is 20.0 Å². The molecule has 2 aromatic carbocycles. The number of rotatable bonds is 9. The van der Waals surface area contributed by atoms with Crippen LogP contribution < -0.4 is 0 Å². The summed E-state index contributed by atoms with van der Waals surface area (Å²) in [7, 11) is 1.73. The van der Waals surface area contributed by atoms with Crippen LogP contribution in [-0.4, -0.2) is 25.6 Å². The van der Waals surface area contributed by atoms with Crippen LogP contribution in [0.5, 0.6) is 0 Å². The smallest absolute Gasteiger partial charge is 0.174 e. The third-order valence-electron chi connectivity index (χ3n) is 5.13. The summed E-state index contributed by atoms with van der Waals surface area (Å²) in [6.07, 6.45) is 4.46. The minimum Gasteiger partial charge on any atom is -0.377 e. The number of methoxy groups -OCH3 is 1. The lowest BCUT2D eigenvalue weighted by Gasteiger charge is -2.41. The van der Waals surface area contributed by atoms with E-state index in [0.29, 0.717) is 19.6 Å². The van der Waals surface area contributed by atoms with Crippen LogP contribution in [0, 0.1) is 0 Å². The number of ether oxygens (including phenoxy) is 3. The molecule has 0 unspecified atom stereocenters. The summed E-state index contributed by atoms with van der Waals surface area (Å²) in [5.41, 5.74) is 3.72. The van der Waals surface area contributed by atoms with Crippen molar-refractivity contribution < 1.29 is 14.2 Å². The monoisotopic (exact) mass is 366 g/mol. The average molecular weight is 367 g/mol. The molecular weight excluding hydrogens is 336 g/mol. The Bertz CT molecular complexity index is 698. The van der Waals surface area contributed by atoms with E-state index in [1.165, 1.54) is 16.7 Å². The van der Waals surface area contributed by atoms with Crippen LogP contribution in [0.2, 0.25) is 0 Å². The zero-order valence-corrected chi connectivity index (χ0v) is 16.2. The summed E-state index contributed by atoms with van der Waals surface area (Å²) in [4.78, 5) is 0. The van der Waals surface area contributed by atoms with Crippen LogP contribution in [0.25, 0.3) is 0 Å². The van der Waals surface area contributed by atoms with Gasteiger partial charge in [-0.05, 0) is 30.4 Å². The van der Waals surface area contributed by atoms with Crippen LogP contribution in [-0.2, 0) is 27.2 Å². The summed E-state index contributed by atoms with van der Waals surface area (Å²) in [5, 5.41) is 0. The molecule has 1 aliphatic heterocycles. The third kappa shape index (κ3) is 6.03. The highest BCUT2D eigenvalue weighted by atomic mass is 16.7. The molecule has 1 heterocycles. The summed E-state index contributed by atoms with van der Waals surface area (Å²) >= 11 is 0. The Morgan fingerprint density at radius 1 is 1.04 bits per heavy atom. The molecule has 3 rings (SSSR count). The maximum atomic E-state index is 6.40. The molecule has 2 atom stereocenters. The second-order valence-electron chi connectivity index (χ2n) is 7.30. The van der Waals surface area contributed by atoms with Gasteiger partial charge in [-0.25, -0.2) is 0 Å². The molecule has 1 aliphatic rings. The fraction of sp³-hybridized carbons (Fsp3) is 0.417. The molecule has 0 spiro atoms. The lowest BCUT2D eigenvalue weighted by molar-refractivity contribution is -0.265. The second-order valence-corrected chi connectivity index (χ2v) is 7.30. The van der Waals surface area contributed by atoms with Crippen molar-refractivity contribution in [3.63, 3.8) is 0 Å². The molecule has 0 N–H and O–H groups in total. The molecule has 0 amide bonds. The molecule has 0 aliphatic carbocycles. The lowest BCUT2D eigenvalue weighted by atomic mass is 9.92. The van der Waals surface area contributed by atoms with Crippen molar-refractivity contribution in [1.29, 1.82) is 0 Å². The molecule has 0 aromatic heterocycles. The molecule has 0 bridgehead atoms. The molecule has 3 heteroatoms. The van der Waals surface area contributed by atoms with E-state index < -0.39 is 5.79 Å². The Morgan fingerprint density at radius 2 is 1.70 bits per heavy atom. The topological polar surface area (TPSA) is 27.7 Å².